The highest BCUT2D eigenvalue weighted by Crippen LogP contribution is 2.43. The van der Waals surface area contributed by atoms with Crippen LogP contribution >= 0.6 is 7.60 Å². The number of ether oxygens (including phenoxy) is 1. The molecule has 0 radical (unpaired) electrons. The lowest BCUT2D eigenvalue weighted by atomic mass is 9.98. The van der Waals surface area contributed by atoms with Gasteiger partial charge in [0.25, 0.3) is 0 Å². The SMILES string of the molecule is CCCCOP(C)(=O)OCOC(=O)C(C)(C)C. The molecule has 0 bridgehead atoms. The molecule has 6 heteroatoms. The molecule has 0 spiro atoms. The standard InChI is InChI=1S/C11H23O5P/c1-6-7-8-15-17(5,13)16-9-14-10(12)11(2,3)4/h6-9H2,1-5H3. The van der Waals surface area contributed by atoms with E-state index in [-0.39, 0.29) is 6.79 Å². The number of esters is 1. The van der Waals surface area contributed by atoms with Crippen molar-refractivity contribution < 1.29 is 23.1 Å². The summed E-state index contributed by atoms with van der Waals surface area (Å²) in [7, 11) is -3.11. The van der Waals surface area contributed by atoms with E-state index >= 15 is 0 Å². The van der Waals surface area contributed by atoms with E-state index < -0.39 is 19.0 Å². The summed E-state index contributed by atoms with van der Waals surface area (Å²) in [6.07, 6.45) is 1.78. The second-order valence-corrected chi connectivity index (χ2v) is 6.95. The maximum Gasteiger partial charge on any atom is 0.330 e. The zero-order chi connectivity index (χ0) is 13.5. The van der Waals surface area contributed by atoms with Gasteiger partial charge in [-0.15, -0.1) is 0 Å². The maximum atomic E-state index is 11.7. The minimum Gasteiger partial charge on any atom is -0.438 e. The predicted molar refractivity (Wildman–Crippen MR) is 65.9 cm³/mol. The van der Waals surface area contributed by atoms with Crippen LogP contribution in [-0.2, 0) is 23.1 Å². The van der Waals surface area contributed by atoms with Crippen LogP contribution in [0.5, 0.6) is 0 Å². The third-order valence-corrected chi connectivity index (χ3v) is 3.14. The molecule has 0 aliphatic rings. The molecular weight excluding hydrogens is 243 g/mol. The van der Waals surface area contributed by atoms with Crippen molar-refractivity contribution in [1.82, 2.24) is 0 Å². The van der Waals surface area contributed by atoms with E-state index in [1.54, 1.807) is 20.8 Å². The Morgan fingerprint density at radius 1 is 1.24 bits per heavy atom. The van der Waals surface area contributed by atoms with Crippen LogP contribution in [0.4, 0.5) is 0 Å². The zero-order valence-electron chi connectivity index (χ0n) is 11.3. The van der Waals surface area contributed by atoms with Crippen molar-refractivity contribution >= 4 is 13.6 Å². The van der Waals surface area contributed by atoms with Crippen molar-refractivity contribution in [3.8, 4) is 0 Å². The van der Waals surface area contributed by atoms with Gasteiger partial charge in [0, 0.05) is 6.66 Å². The topological polar surface area (TPSA) is 61.8 Å². The molecule has 0 amide bonds. The quantitative estimate of drug-likeness (QED) is 0.306. The normalized spacial score (nSPS) is 15.4. The first-order chi connectivity index (χ1) is 7.69. The summed E-state index contributed by atoms with van der Waals surface area (Å²) in [5.74, 6) is -0.397. The molecule has 102 valence electrons. The molecular formula is C11H23O5P. The molecule has 17 heavy (non-hydrogen) atoms. The van der Waals surface area contributed by atoms with Gasteiger partial charge in [-0.25, -0.2) is 0 Å². The first-order valence-corrected chi connectivity index (χ1v) is 7.72. The van der Waals surface area contributed by atoms with Gasteiger partial charge in [0.1, 0.15) is 0 Å². The van der Waals surface area contributed by atoms with Gasteiger partial charge in [0.15, 0.2) is 0 Å². The van der Waals surface area contributed by atoms with Gasteiger partial charge in [-0.2, -0.15) is 0 Å². The van der Waals surface area contributed by atoms with Crippen molar-refractivity contribution in [2.75, 3.05) is 20.1 Å². The molecule has 0 aromatic carbocycles. The van der Waals surface area contributed by atoms with Gasteiger partial charge in [0.2, 0.25) is 6.79 Å². The Bertz CT molecular complexity index is 282. The highest BCUT2D eigenvalue weighted by atomic mass is 31.2. The molecule has 1 unspecified atom stereocenters. The van der Waals surface area contributed by atoms with Crippen molar-refractivity contribution in [2.24, 2.45) is 5.41 Å². The fourth-order valence-corrected chi connectivity index (χ4v) is 1.58. The summed E-state index contributed by atoms with van der Waals surface area (Å²) in [6.45, 7) is 8.63. The van der Waals surface area contributed by atoms with Gasteiger partial charge in [-0.05, 0) is 27.2 Å². The third kappa shape index (κ3) is 8.36. The molecule has 0 heterocycles. The van der Waals surface area contributed by atoms with Crippen LogP contribution in [0.25, 0.3) is 0 Å². The molecule has 0 fully saturated rings. The molecule has 0 aromatic rings. The van der Waals surface area contributed by atoms with Crippen LogP contribution < -0.4 is 0 Å². The Labute approximate surface area is 103 Å². The van der Waals surface area contributed by atoms with Gasteiger partial charge >= 0.3 is 13.6 Å². The van der Waals surface area contributed by atoms with Crippen LogP contribution in [-0.4, -0.2) is 26.0 Å². The van der Waals surface area contributed by atoms with Crippen LogP contribution in [0.1, 0.15) is 40.5 Å². The van der Waals surface area contributed by atoms with E-state index in [0.29, 0.717) is 6.61 Å². The van der Waals surface area contributed by atoms with Crippen molar-refractivity contribution in [2.45, 2.75) is 40.5 Å². The molecule has 5 nitrogen and oxygen atoms in total. The highest BCUT2D eigenvalue weighted by Gasteiger charge is 2.24. The molecule has 0 rings (SSSR count). The van der Waals surface area contributed by atoms with E-state index in [0.717, 1.165) is 12.8 Å². The summed E-state index contributed by atoms with van der Waals surface area (Å²) in [6, 6.07) is 0. The summed E-state index contributed by atoms with van der Waals surface area (Å²) in [5, 5.41) is 0. The Kier molecular flexibility index (Phi) is 6.98. The van der Waals surface area contributed by atoms with Gasteiger partial charge in [0.05, 0.1) is 12.0 Å². The van der Waals surface area contributed by atoms with Crippen molar-refractivity contribution in [3.05, 3.63) is 0 Å². The second kappa shape index (κ2) is 7.14. The number of rotatable bonds is 7. The average Bonchev–Trinajstić information content (AvgIpc) is 2.16. The van der Waals surface area contributed by atoms with Crippen LogP contribution in [0, 0.1) is 5.41 Å². The predicted octanol–water partition coefficient (Wildman–Crippen LogP) is 3.19. The third-order valence-electron chi connectivity index (χ3n) is 1.91. The lowest BCUT2D eigenvalue weighted by Gasteiger charge is -2.18. The van der Waals surface area contributed by atoms with Gasteiger partial charge < -0.3 is 9.26 Å². The molecule has 0 saturated heterocycles. The van der Waals surface area contributed by atoms with Crippen molar-refractivity contribution in [1.29, 1.82) is 0 Å². The number of carbonyl (C=O) groups is 1. The first kappa shape index (κ1) is 16.6. The van der Waals surface area contributed by atoms with E-state index in [2.05, 4.69) is 0 Å². The smallest absolute Gasteiger partial charge is 0.330 e. The number of hydrogen-bond acceptors (Lipinski definition) is 5. The molecule has 0 saturated carbocycles. The Balaban J connectivity index is 3.87. The summed E-state index contributed by atoms with van der Waals surface area (Å²) >= 11 is 0. The van der Waals surface area contributed by atoms with E-state index in [4.69, 9.17) is 13.8 Å². The van der Waals surface area contributed by atoms with E-state index in [1.807, 2.05) is 6.92 Å². The molecule has 0 aliphatic heterocycles. The largest absolute Gasteiger partial charge is 0.438 e. The summed E-state index contributed by atoms with van der Waals surface area (Å²) in [5.41, 5.74) is -0.593. The minimum atomic E-state index is -3.11. The number of unbranched alkanes of at least 4 members (excludes halogenated alkanes) is 1. The van der Waals surface area contributed by atoms with Gasteiger partial charge in [-0.3, -0.25) is 13.9 Å². The van der Waals surface area contributed by atoms with Crippen LogP contribution in [0.3, 0.4) is 0 Å². The zero-order valence-corrected chi connectivity index (χ0v) is 12.2. The Hall–Kier alpha value is -0.380. The Morgan fingerprint density at radius 2 is 1.82 bits per heavy atom. The average molecular weight is 266 g/mol. The van der Waals surface area contributed by atoms with Gasteiger partial charge in [-0.1, -0.05) is 13.3 Å². The first-order valence-electron chi connectivity index (χ1n) is 5.73. The lowest BCUT2D eigenvalue weighted by molar-refractivity contribution is -0.159. The minimum absolute atomic E-state index is 0.337. The Morgan fingerprint density at radius 3 is 2.29 bits per heavy atom. The molecule has 1 atom stereocenters. The highest BCUT2D eigenvalue weighted by molar-refractivity contribution is 7.52. The molecule has 0 aromatic heterocycles. The maximum absolute atomic E-state index is 11.7. The fourth-order valence-electron chi connectivity index (χ4n) is 0.804. The number of carbonyl (C=O) groups excluding carboxylic acids is 1. The van der Waals surface area contributed by atoms with Crippen LogP contribution in [0.2, 0.25) is 0 Å². The summed E-state index contributed by atoms with van der Waals surface area (Å²) in [4.78, 5) is 11.4. The molecule has 0 aliphatic carbocycles. The number of hydrogen-bond donors (Lipinski definition) is 0. The van der Waals surface area contributed by atoms with Crippen LogP contribution in [0.15, 0.2) is 0 Å². The van der Waals surface area contributed by atoms with E-state index in [9.17, 15) is 9.36 Å². The van der Waals surface area contributed by atoms with Crippen molar-refractivity contribution in [3.63, 3.8) is 0 Å². The monoisotopic (exact) mass is 266 g/mol. The summed E-state index contributed by atoms with van der Waals surface area (Å²) < 4.78 is 26.5. The second-order valence-electron chi connectivity index (χ2n) is 4.89. The van der Waals surface area contributed by atoms with E-state index in [1.165, 1.54) is 6.66 Å². The lowest BCUT2D eigenvalue weighted by Crippen LogP contribution is -2.23. The molecule has 0 N–H and O–H groups in total. The fraction of sp³-hybridized carbons (Fsp3) is 0.909.